The lowest BCUT2D eigenvalue weighted by Crippen LogP contribution is -2.30. The van der Waals surface area contributed by atoms with Gasteiger partial charge < -0.3 is 10.6 Å². The molecule has 21 heavy (non-hydrogen) atoms. The van der Waals surface area contributed by atoms with Gasteiger partial charge in [-0.25, -0.2) is 4.98 Å². The minimum atomic E-state index is -0.125. The maximum atomic E-state index is 12.7. The minimum Gasteiger partial charge on any atom is -0.330 e. The molecule has 1 fully saturated rings. The van der Waals surface area contributed by atoms with Crippen LogP contribution in [0.1, 0.15) is 52.9 Å². The monoisotopic (exact) mass is 301 g/mol. The molecule has 0 spiro atoms. The van der Waals surface area contributed by atoms with Crippen LogP contribution in [-0.2, 0) is 0 Å². The molecule has 2 aromatic rings. The van der Waals surface area contributed by atoms with Gasteiger partial charge in [-0.15, -0.1) is 11.3 Å². The number of carbonyl (C=O) groups excluding carboxylic acids is 1. The Hall–Kier alpha value is -1.72. The van der Waals surface area contributed by atoms with Crippen LogP contribution in [0.2, 0.25) is 0 Å². The lowest BCUT2D eigenvalue weighted by atomic mass is 10.0. The zero-order valence-corrected chi connectivity index (χ0v) is 12.8. The molecule has 1 aliphatic heterocycles. The van der Waals surface area contributed by atoms with Gasteiger partial charge in [-0.05, 0) is 25.3 Å². The Labute approximate surface area is 128 Å². The van der Waals surface area contributed by atoms with Gasteiger partial charge in [0.1, 0.15) is 10.7 Å². The van der Waals surface area contributed by atoms with Gasteiger partial charge in [-0.3, -0.25) is 4.79 Å². The second-order valence-corrected chi connectivity index (χ2v) is 6.32. The topological polar surface area (TPSA) is 59.2 Å². The van der Waals surface area contributed by atoms with Crippen LogP contribution in [0.15, 0.2) is 35.7 Å². The summed E-state index contributed by atoms with van der Waals surface area (Å²) < 4.78 is 0. The van der Waals surface area contributed by atoms with Crippen molar-refractivity contribution < 1.29 is 4.79 Å². The van der Waals surface area contributed by atoms with Crippen molar-refractivity contribution in [1.82, 2.24) is 9.88 Å². The van der Waals surface area contributed by atoms with Gasteiger partial charge in [0.05, 0.1) is 12.1 Å². The summed E-state index contributed by atoms with van der Waals surface area (Å²) in [6, 6.07) is 10.3. The first kappa shape index (κ1) is 14.2. The van der Waals surface area contributed by atoms with Crippen LogP contribution in [0.5, 0.6) is 0 Å². The van der Waals surface area contributed by atoms with Crippen LogP contribution in [0, 0.1) is 0 Å². The Kier molecular flexibility index (Phi) is 4.03. The summed E-state index contributed by atoms with van der Waals surface area (Å²) in [5, 5.41) is 2.63. The van der Waals surface area contributed by atoms with E-state index in [2.05, 4.69) is 17.1 Å². The summed E-state index contributed by atoms with van der Waals surface area (Å²) in [6.07, 6.45) is 2.05. The Morgan fingerprint density at radius 3 is 2.86 bits per heavy atom. The molecule has 1 saturated heterocycles. The number of hydrogen-bond acceptors (Lipinski definition) is 4. The highest BCUT2D eigenvalue weighted by Gasteiger charge is 2.31. The summed E-state index contributed by atoms with van der Waals surface area (Å²) in [6.45, 7) is 2.68. The standard InChI is InChI=1S/C16H19N3OS/c1-11(17)15-18-13(10-21-15)16(20)19-9-5-8-14(19)12-6-3-2-4-7-12/h2-4,6-7,10-11,14H,5,8-9,17H2,1H3. The molecule has 1 aromatic heterocycles. The van der Waals surface area contributed by atoms with Gasteiger partial charge >= 0.3 is 0 Å². The van der Waals surface area contributed by atoms with Crippen molar-refractivity contribution in [1.29, 1.82) is 0 Å². The van der Waals surface area contributed by atoms with Crippen molar-refractivity contribution >= 4 is 17.2 Å². The molecule has 0 saturated carbocycles. The number of aromatic nitrogens is 1. The van der Waals surface area contributed by atoms with Gasteiger partial charge in [-0.2, -0.15) is 0 Å². The number of thiazole rings is 1. The zero-order chi connectivity index (χ0) is 14.8. The van der Waals surface area contributed by atoms with Gasteiger partial charge in [-0.1, -0.05) is 30.3 Å². The lowest BCUT2D eigenvalue weighted by Gasteiger charge is -2.24. The first-order valence-corrected chi connectivity index (χ1v) is 8.11. The molecule has 1 amide bonds. The predicted octanol–water partition coefficient (Wildman–Crippen LogP) is 3.14. The molecule has 1 aromatic carbocycles. The van der Waals surface area contributed by atoms with Crippen molar-refractivity contribution in [3.8, 4) is 0 Å². The van der Waals surface area contributed by atoms with Gasteiger partial charge in [0.25, 0.3) is 5.91 Å². The Morgan fingerprint density at radius 1 is 1.43 bits per heavy atom. The number of likely N-dealkylation sites (tertiary alicyclic amines) is 1. The molecule has 2 atom stereocenters. The highest BCUT2D eigenvalue weighted by atomic mass is 32.1. The molecule has 2 N–H and O–H groups in total. The number of hydrogen-bond donors (Lipinski definition) is 1. The second-order valence-electron chi connectivity index (χ2n) is 5.43. The molecule has 3 rings (SSSR count). The van der Waals surface area contributed by atoms with E-state index in [0.29, 0.717) is 5.69 Å². The third-order valence-corrected chi connectivity index (χ3v) is 4.87. The molecule has 0 radical (unpaired) electrons. The van der Waals surface area contributed by atoms with E-state index in [1.165, 1.54) is 16.9 Å². The van der Waals surface area contributed by atoms with E-state index in [1.54, 1.807) is 0 Å². The molecule has 2 unspecified atom stereocenters. The van der Waals surface area contributed by atoms with Crippen molar-refractivity contribution in [2.24, 2.45) is 5.73 Å². The number of benzene rings is 1. The quantitative estimate of drug-likeness (QED) is 0.947. The predicted molar refractivity (Wildman–Crippen MR) is 84.2 cm³/mol. The van der Waals surface area contributed by atoms with E-state index >= 15 is 0 Å². The van der Waals surface area contributed by atoms with Gasteiger partial charge in [0.15, 0.2) is 0 Å². The summed E-state index contributed by atoms with van der Waals surface area (Å²) in [5.74, 6) is 0.0181. The Balaban J connectivity index is 1.83. The molecule has 110 valence electrons. The second kappa shape index (κ2) is 5.95. The number of rotatable bonds is 3. The summed E-state index contributed by atoms with van der Waals surface area (Å²) in [4.78, 5) is 19.0. The fourth-order valence-electron chi connectivity index (χ4n) is 2.77. The molecular weight excluding hydrogens is 282 g/mol. The third kappa shape index (κ3) is 2.84. The molecule has 5 heteroatoms. The number of nitrogens with zero attached hydrogens (tertiary/aromatic N) is 2. The fraction of sp³-hybridized carbons (Fsp3) is 0.375. The average Bonchev–Trinajstić information content (AvgIpc) is 3.17. The van der Waals surface area contributed by atoms with Crippen LogP contribution in [0.4, 0.5) is 0 Å². The molecule has 4 nitrogen and oxygen atoms in total. The largest absolute Gasteiger partial charge is 0.330 e. The zero-order valence-electron chi connectivity index (χ0n) is 12.0. The maximum absolute atomic E-state index is 12.7. The van der Waals surface area contributed by atoms with E-state index in [1.807, 2.05) is 35.4 Å². The smallest absolute Gasteiger partial charge is 0.273 e. The van der Waals surface area contributed by atoms with Crippen LogP contribution >= 0.6 is 11.3 Å². The normalized spacial score (nSPS) is 19.7. The van der Waals surface area contributed by atoms with E-state index in [9.17, 15) is 4.79 Å². The summed E-state index contributed by atoms with van der Waals surface area (Å²) in [5.41, 5.74) is 7.55. The summed E-state index contributed by atoms with van der Waals surface area (Å²) >= 11 is 1.46. The van der Waals surface area contributed by atoms with E-state index in [-0.39, 0.29) is 18.0 Å². The Bertz CT molecular complexity index is 623. The number of carbonyl (C=O) groups is 1. The van der Waals surface area contributed by atoms with Crippen LogP contribution in [0.25, 0.3) is 0 Å². The SMILES string of the molecule is CC(N)c1nc(C(=O)N2CCCC2c2ccccc2)cs1. The first-order valence-electron chi connectivity index (χ1n) is 7.23. The van der Waals surface area contributed by atoms with Gasteiger partial charge in [0, 0.05) is 11.9 Å². The first-order chi connectivity index (χ1) is 10.2. The van der Waals surface area contributed by atoms with Crippen molar-refractivity contribution in [2.75, 3.05) is 6.54 Å². The number of amides is 1. The third-order valence-electron chi connectivity index (χ3n) is 3.83. The Morgan fingerprint density at radius 2 is 2.19 bits per heavy atom. The highest BCUT2D eigenvalue weighted by molar-refractivity contribution is 7.09. The van der Waals surface area contributed by atoms with E-state index in [4.69, 9.17) is 5.73 Å². The lowest BCUT2D eigenvalue weighted by molar-refractivity contribution is 0.0730. The van der Waals surface area contributed by atoms with Crippen LogP contribution < -0.4 is 5.73 Å². The maximum Gasteiger partial charge on any atom is 0.273 e. The van der Waals surface area contributed by atoms with Crippen LogP contribution in [-0.4, -0.2) is 22.3 Å². The summed E-state index contributed by atoms with van der Waals surface area (Å²) in [7, 11) is 0. The average molecular weight is 301 g/mol. The molecule has 0 bridgehead atoms. The van der Waals surface area contributed by atoms with E-state index < -0.39 is 0 Å². The van der Waals surface area contributed by atoms with Crippen molar-refractivity contribution in [3.05, 3.63) is 52.0 Å². The number of nitrogens with two attached hydrogens (primary N) is 1. The molecular formula is C16H19N3OS. The van der Waals surface area contributed by atoms with Gasteiger partial charge in [0.2, 0.25) is 0 Å². The van der Waals surface area contributed by atoms with Crippen molar-refractivity contribution in [3.63, 3.8) is 0 Å². The molecule has 1 aliphatic rings. The highest BCUT2D eigenvalue weighted by Crippen LogP contribution is 2.33. The fourth-order valence-corrected chi connectivity index (χ4v) is 3.53. The van der Waals surface area contributed by atoms with E-state index in [0.717, 1.165) is 24.4 Å². The van der Waals surface area contributed by atoms with Crippen molar-refractivity contribution in [2.45, 2.75) is 31.8 Å². The minimum absolute atomic E-state index is 0.0181. The molecule has 2 heterocycles. The molecule has 0 aliphatic carbocycles. The van der Waals surface area contributed by atoms with Crippen LogP contribution in [0.3, 0.4) is 0 Å².